The number of carbonyl (C=O) groups excluding carboxylic acids is 1. The van der Waals surface area contributed by atoms with Crippen molar-refractivity contribution in [3.05, 3.63) is 53.1 Å². The van der Waals surface area contributed by atoms with Crippen LogP contribution in [-0.2, 0) is 6.18 Å². The first-order valence-electron chi connectivity index (χ1n) is 13.1. The van der Waals surface area contributed by atoms with Crippen LogP contribution in [0.25, 0.3) is 0 Å². The summed E-state index contributed by atoms with van der Waals surface area (Å²) in [6.45, 7) is 8.77. The third-order valence-electron chi connectivity index (χ3n) is 7.57. The van der Waals surface area contributed by atoms with E-state index in [9.17, 15) is 18.0 Å². The summed E-state index contributed by atoms with van der Waals surface area (Å²) in [4.78, 5) is 19.2. The summed E-state index contributed by atoms with van der Waals surface area (Å²) < 4.78 is 45.6. The predicted octanol–water partition coefficient (Wildman–Crippen LogP) is 5.97. The highest BCUT2D eigenvalue weighted by Gasteiger charge is 2.34. The van der Waals surface area contributed by atoms with Crippen LogP contribution >= 0.6 is 0 Å². The number of likely N-dealkylation sites (tertiary alicyclic amines) is 1. The number of hydrogen-bond donors (Lipinski definition) is 1. The van der Waals surface area contributed by atoms with Crippen LogP contribution in [0.4, 0.5) is 29.3 Å². The molecule has 4 rings (SSSR count). The molecule has 0 radical (unpaired) electrons. The zero-order valence-corrected chi connectivity index (χ0v) is 21.9. The third-order valence-corrected chi connectivity index (χ3v) is 7.57. The van der Waals surface area contributed by atoms with E-state index < -0.39 is 11.7 Å². The number of halogens is 3. The number of anilines is 2. The molecule has 2 aliphatic heterocycles. The lowest BCUT2D eigenvalue weighted by molar-refractivity contribution is -0.138. The quantitative estimate of drug-likeness (QED) is 0.512. The standard InChI is InChI=1S/C28H37F3N4O2/c1-4-12-33-13-10-21(11-14-33)23-19-22(8-9-26(23)37-3)32-27(36)35-17-15-34(16-18-35)25-7-5-6-24(20(25)2)28(29,30)31/h5-9,19,21H,4,10-18H2,1-3H3,(H,32,36). The SMILES string of the molecule is CCCN1CCC(c2cc(NC(=O)N3CCN(c4cccc(C(F)(F)F)c4C)CC3)ccc2OC)CC1. The maximum atomic E-state index is 13.3. The van der Waals surface area contributed by atoms with Crippen molar-refractivity contribution in [1.82, 2.24) is 9.80 Å². The van der Waals surface area contributed by atoms with Gasteiger partial charge in [0.15, 0.2) is 0 Å². The van der Waals surface area contributed by atoms with E-state index in [1.165, 1.54) is 13.0 Å². The first-order valence-corrected chi connectivity index (χ1v) is 13.1. The average molecular weight is 519 g/mol. The van der Waals surface area contributed by atoms with Crippen molar-refractivity contribution in [2.45, 2.75) is 45.2 Å². The molecule has 37 heavy (non-hydrogen) atoms. The van der Waals surface area contributed by atoms with E-state index in [-0.39, 0.29) is 11.6 Å². The molecule has 2 fully saturated rings. The van der Waals surface area contributed by atoms with Gasteiger partial charge in [-0.15, -0.1) is 0 Å². The highest BCUT2D eigenvalue weighted by Crippen LogP contribution is 2.37. The third kappa shape index (κ3) is 6.32. The summed E-state index contributed by atoms with van der Waals surface area (Å²) in [6, 6.07) is 9.87. The molecule has 2 aromatic rings. The normalized spacial score (nSPS) is 17.7. The van der Waals surface area contributed by atoms with Crippen molar-refractivity contribution in [3.8, 4) is 5.75 Å². The van der Waals surface area contributed by atoms with Gasteiger partial charge in [0.25, 0.3) is 0 Å². The van der Waals surface area contributed by atoms with Gasteiger partial charge in [0.2, 0.25) is 0 Å². The van der Waals surface area contributed by atoms with Gasteiger partial charge in [-0.05, 0) is 93.2 Å². The maximum absolute atomic E-state index is 13.3. The minimum atomic E-state index is -4.38. The van der Waals surface area contributed by atoms with Crippen LogP contribution in [0.3, 0.4) is 0 Å². The van der Waals surface area contributed by atoms with E-state index in [1.54, 1.807) is 18.1 Å². The molecule has 6 nitrogen and oxygen atoms in total. The van der Waals surface area contributed by atoms with Gasteiger partial charge in [0, 0.05) is 37.6 Å². The molecule has 2 aromatic carbocycles. The van der Waals surface area contributed by atoms with Crippen LogP contribution in [-0.4, -0.2) is 68.8 Å². The van der Waals surface area contributed by atoms with E-state index in [2.05, 4.69) is 17.1 Å². The molecule has 0 bridgehead atoms. The predicted molar refractivity (Wildman–Crippen MR) is 141 cm³/mol. The maximum Gasteiger partial charge on any atom is 0.416 e. The summed E-state index contributed by atoms with van der Waals surface area (Å²) in [6.07, 6.45) is -1.11. The van der Waals surface area contributed by atoms with Crippen molar-refractivity contribution in [2.24, 2.45) is 0 Å². The zero-order valence-electron chi connectivity index (χ0n) is 21.9. The lowest BCUT2D eigenvalue weighted by Crippen LogP contribution is -2.50. The summed E-state index contributed by atoms with van der Waals surface area (Å²) in [5.41, 5.74) is 2.03. The van der Waals surface area contributed by atoms with E-state index in [0.717, 1.165) is 62.0 Å². The van der Waals surface area contributed by atoms with Gasteiger partial charge >= 0.3 is 12.2 Å². The smallest absolute Gasteiger partial charge is 0.416 e. The Hall–Kier alpha value is -2.94. The zero-order chi connectivity index (χ0) is 26.6. The first-order chi connectivity index (χ1) is 17.7. The molecule has 2 aliphatic rings. The molecule has 2 saturated heterocycles. The minimum Gasteiger partial charge on any atom is -0.496 e. The second kappa shape index (κ2) is 11.6. The number of piperazine rings is 1. The number of rotatable bonds is 6. The van der Waals surface area contributed by atoms with E-state index in [1.807, 2.05) is 23.1 Å². The highest BCUT2D eigenvalue weighted by molar-refractivity contribution is 5.89. The second-order valence-electron chi connectivity index (χ2n) is 9.92. The minimum absolute atomic E-state index is 0.200. The number of methoxy groups -OCH3 is 1. The number of nitrogens with one attached hydrogen (secondary N) is 1. The fourth-order valence-electron chi connectivity index (χ4n) is 5.54. The molecule has 9 heteroatoms. The number of amides is 2. The monoisotopic (exact) mass is 518 g/mol. The van der Waals surface area contributed by atoms with Gasteiger partial charge in [-0.2, -0.15) is 13.2 Å². The molecule has 202 valence electrons. The van der Waals surface area contributed by atoms with Gasteiger partial charge in [0.05, 0.1) is 12.7 Å². The molecule has 0 spiro atoms. The van der Waals surface area contributed by atoms with Crippen LogP contribution < -0.4 is 15.0 Å². The van der Waals surface area contributed by atoms with E-state index in [4.69, 9.17) is 4.74 Å². The average Bonchev–Trinajstić information content (AvgIpc) is 2.89. The molecule has 0 saturated carbocycles. The Morgan fingerprint density at radius 2 is 1.76 bits per heavy atom. The number of hydrogen-bond acceptors (Lipinski definition) is 4. The molecule has 1 N–H and O–H groups in total. The number of carbonyl (C=O) groups is 1. The molecule has 0 aliphatic carbocycles. The topological polar surface area (TPSA) is 48.1 Å². The van der Waals surface area contributed by atoms with Crippen molar-refractivity contribution in [2.75, 3.05) is 63.1 Å². The summed E-state index contributed by atoms with van der Waals surface area (Å²) in [5, 5.41) is 3.02. The van der Waals surface area contributed by atoms with Crippen LogP contribution in [0.5, 0.6) is 5.75 Å². The van der Waals surface area contributed by atoms with Gasteiger partial charge in [-0.1, -0.05) is 13.0 Å². The molecule has 2 heterocycles. The number of urea groups is 1. The van der Waals surface area contributed by atoms with Gasteiger partial charge < -0.3 is 24.8 Å². The number of alkyl halides is 3. The highest BCUT2D eigenvalue weighted by atomic mass is 19.4. The lowest BCUT2D eigenvalue weighted by Gasteiger charge is -2.37. The van der Waals surface area contributed by atoms with Crippen LogP contribution in [0.1, 0.15) is 48.8 Å². The Kier molecular flexibility index (Phi) is 8.52. The summed E-state index contributed by atoms with van der Waals surface area (Å²) in [5.74, 6) is 1.23. The largest absolute Gasteiger partial charge is 0.496 e. The molecule has 0 aromatic heterocycles. The fraction of sp³-hybridized carbons (Fsp3) is 0.536. The number of nitrogens with zero attached hydrogens (tertiary/aromatic N) is 3. The van der Waals surface area contributed by atoms with Crippen molar-refractivity contribution in [1.29, 1.82) is 0 Å². The van der Waals surface area contributed by atoms with Gasteiger partial charge in [-0.25, -0.2) is 4.79 Å². The summed E-state index contributed by atoms with van der Waals surface area (Å²) in [7, 11) is 1.68. The molecule has 0 unspecified atom stereocenters. The van der Waals surface area contributed by atoms with Crippen LogP contribution in [0.15, 0.2) is 36.4 Å². The van der Waals surface area contributed by atoms with Crippen molar-refractivity contribution >= 4 is 17.4 Å². The fourth-order valence-corrected chi connectivity index (χ4v) is 5.54. The summed E-state index contributed by atoms with van der Waals surface area (Å²) >= 11 is 0. The van der Waals surface area contributed by atoms with E-state index >= 15 is 0 Å². The first kappa shape index (κ1) is 27.1. The van der Waals surface area contributed by atoms with Crippen LogP contribution in [0.2, 0.25) is 0 Å². The second-order valence-corrected chi connectivity index (χ2v) is 9.92. The lowest BCUT2D eigenvalue weighted by atomic mass is 9.88. The molecule has 2 amide bonds. The Morgan fingerprint density at radius 3 is 2.38 bits per heavy atom. The van der Waals surface area contributed by atoms with Gasteiger partial charge in [-0.3, -0.25) is 0 Å². The number of benzene rings is 2. The Balaban J connectivity index is 1.38. The van der Waals surface area contributed by atoms with Crippen molar-refractivity contribution in [3.63, 3.8) is 0 Å². The molecular weight excluding hydrogens is 481 g/mol. The number of piperidine rings is 1. The van der Waals surface area contributed by atoms with Crippen LogP contribution in [0, 0.1) is 6.92 Å². The Morgan fingerprint density at radius 1 is 1.05 bits per heavy atom. The van der Waals surface area contributed by atoms with Gasteiger partial charge in [0.1, 0.15) is 5.75 Å². The Bertz CT molecular complexity index is 1080. The molecular formula is C28H37F3N4O2. The molecule has 0 atom stereocenters. The number of ether oxygens (including phenoxy) is 1. The Labute approximate surface area is 217 Å². The van der Waals surface area contributed by atoms with E-state index in [0.29, 0.717) is 37.8 Å². The van der Waals surface area contributed by atoms with Crippen molar-refractivity contribution < 1.29 is 22.7 Å².